The van der Waals surface area contributed by atoms with E-state index in [9.17, 15) is 0 Å². The van der Waals surface area contributed by atoms with Gasteiger partial charge in [0.2, 0.25) is 0 Å². The van der Waals surface area contributed by atoms with E-state index in [-0.39, 0.29) is 0 Å². The number of aromatic amines is 1. The first-order valence-electron chi connectivity index (χ1n) is 6.43. The van der Waals surface area contributed by atoms with E-state index in [0.717, 1.165) is 37.2 Å². The molecule has 1 aromatic heterocycles. The van der Waals surface area contributed by atoms with Crippen molar-refractivity contribution in [3.8, 4) is 23.7 Å². The van der Waals surface area contributed by atoms with Crippen molar-refractivity contribution in [1.29, 1.82) is 0 Å². The fraction of sp³-hybridized carbons (Fsp3) is 0.467. The number of nitrogens with one attached hydrogen (secondary N) is 1. The summed E-state index contributed by atoms with van der Waals surface area (Å²) in [5, 5.41) is 0. The van der Waals surface area contributed by atoms with Crippen LogP contribution < -0.4 is 11.5 Å². The maximum absolute atomic E-state index is 5.43. The van der Waals surface area contributed by atoms with Gasteiger partial charge in [-0.05, 0) is 43.4 Å². The Hall–Kier alpha value is -1.68. The van der Waals surface area contributed by atoms with E-state index in [1.54, 1.807) is 0 Å². The molecule has 5 N–H and O–H groups in total. The summed E-state index contributed by atoms with van der Waals surface area (Å²) in [6.07, 6.45) is 5.62. The Bertz CT molecular complexity index is 451. The molecule has 18 heavy (non-hydrogen) atoms. The molecular formula is C15H21N3. The van der Waals surface area contributed by atoms with Gasteiger partial charge in [0.25, 0.3) is 0 Å². The number of aromatic nitrogens is 1. The smallest absolute Gasteiger partial charge is 0.0903 e. The third-order valence-electron chi connectivity index (χ3n) is 2.49. The summed E-state index contributed by atoms with van der Waals surface area (Å²) in [5.41, 5.74) is 12.5. The normalized spacial score (nSPS) is 9.22. The molecule has 0 aliphatic heterocycles. The van der Waals surface area contributed by atoms with Gasteiger partial charge in [-0.1, -0.05) is 24.7 Å². The summed E-state index contributed by atoms with van der Waals surface area (Å²) in [5.74, 6) is 12.0. The van der Waals surface area contributed by atoms with Gasteiger partial charge >= 0.3 is 0 Å². The van der Waals surface area contributed by atoms with E-state index in [2.05, 4.69) is 28.7 Å². The Morgan fingerprint density at radius 2 is 1.56 bits per heavy atom. The predicted octanol–water partition coefficient (Wildman–Crippen LogP) is 1.59. The van der Waals surface area contributed by atoms with Crippen molar-refractivity contribution < 1.29 is 0 Å². The van der Waals surface area contributed by atoms with Crippen molar-refractivity contribution >= 4 is 0 Å². The maximum atomic E-state index is 5.43. The standard InChI is InChI=1S/C15H21N3/c16-12-6-4-2-1-3-5-8-14-10-11-15(18-14)9-7-13-17/h10-11,18H,1-4,6,12-13,16-17H2. The van der Waals surface area contributed by atoms with Crippen LogP contribution in [0.15, 0.2) is 12.1 Å². The molecule has 0 amide bonds. The molecule has 0 spiro atoms. The zero-order valence-corrected chi connectivity index (χ0v) is 10.8. The van der Waals surface area contributed by atoms with Crippen LogP contribution in [-0.2, 0) is 0 Å². The van der Waals surface area contributed by atoms with Crippen molar-refractivity contribution in [2.75, 3.05) is 13.1 Å². The minimum Gasteiger partial charge on any atom is -0.342 e. The van der Waals surface area contributed by atoms with Crippen LogP contribution in [0.2, 0.25) is 0 Å². The molecule has 0 radical (unpaired) electrons. The second-order valence-corrected chi connectivity index (χ2v) is 4.05. The third kappa shape index (κ3) is 6.15. The molecule has 1 aromatic rings. The van der Waals surface area contributed by atoms with Gasteiger partial charge in [0.15, 0.2) is 0 Å². The van der Waals surface area contributed by atoms with Gasteiger partial charge in [-0.2, -0.15) is 0 Å². The average Bonchev–Trinajstić information content (AvgIpc) is 2.83. The molecule has 1 heterocycles. The molecule has 0 saturated carbocycles. The molecule has 0 aliphatic carbocycles. The predicted molar refractivity (Wildman–Crippen MR) is 75.7 cm³/mol. The van der Waals surface area contributed by atoms with E-state index in [0.29, 0.717) is 6.54 Å². The molecule has 96 valence electrons. The largest absolute Gasteiger partial charge is 0.342 e. The Kier molecular flexibility index (Phi) is 7.48. The van der Waals surface area contributed by atoms with Gasteiger partial charge in [0, 0.05) is 6.42 Å². The lowest BCUT2D eigenvalue weighted by atomic mass is 10.1. The van der Waals surface area contributed by atoms with Crippen molar-refractivity contribution in [3.63, 3.8) is 0 Å². The van der Waals surface area contributed by atoms with Gasteiger partial charge in [0.05, 0.1) is 17.9 Å². The molecule has 0 aromatic carbocycles. The fourth-order valence-electron chi connectivity index (χ4n) is 1.56. The molecule has 0 fully saturated rings. The highest BCUT2D eigenvalue weighted by Gasteiger charge is 1.91. The van der Waals surface area contributed by atoms with Crippen LogP contribution in [0.25, 0.3) is 0 Å². The van der Waals surface area contributed by atoms with Crippen LogP contribution in [0.4, 0.5) is 0 Å². The molecule has 3 heteroatoms. The molecule has 0 saturated heterocycles. The molecule has 0 bridgehead atoms. The Morgan fingerprint density at radius 3 is 2.22 bits per heavy atom. The summed E-state index contributed by atoms with van der Waals surface area (Å²) in [6.45, 7) is 1.17. The summed E-state index contributed by atoms with van der Waals surface area (Å²) in [6, 6.07) is 3.87. The number of unbranched alkanes of at least 4 members (excludes halogenated alkanes) is 4. The zero-order valence-electron chi connectivity index (χ0n) is 10.8. The fourth-order valence-corrected chi connectivity index (χ4v) is 1.56. The van der Waals surface area contributed by atoms with E-state index >= 15 is 0 Å². The number of H-pyrrole nitrogens is 1. The van der Waals surface area contributed by atoms with E-state index in [1.807, 2.05) is 12.1 Å². The maximum Gasteiger partial charge on any atom is 0.0903 e. The Balaban J connectivity index is 2.28. The summed E-state index contributed by atoms with van der Waals surface area (Å²) >= 11 is 0. The van der Waals surface area contributed by atoms with Gasteiger partial charge in [-0.15, -0.1) is 0 Å². The highest BCUT2D eigenvalue weighted by Crippen LogP contribution is 2.02. The van der Waals surface area contributed by atoms with Crippen LogP contribution in [0.5, 0.6) is 0 Å². The molecule has 0 aliphatic rings. The quantitative estimate of drug-likeness (QED) is 0.543. The zero-order chi connectivity index (χ0) is 13.1. The van der Waals surface area contributed by atoms with Crippen molar-refractivity contribution in [1.82, 2.24) is 4.98 Å². The number of hydrogen-bond acceptors (Lipinski definition) is 2. The summed E-state index contributed by atoms with van der Waals surface area (Å²) in [4.78, 5) is 3.14. The number of nitrogens with two attached hydrogens (primary N) is 2. The average molecular weight is 243 g/mol. The van der Waals surface area contributed by atoms with Crippen LogP contribution in [0, 0.1) is 23.7 Å². The van der Waals surface area contributed by atoms with Gasteiger partial charge < -0.3 is 16.5 Å². The lowest BCUT2D eigenvalue weighted by Gasteiger charge is -1.94. The topological polar surface area (TPSA) is 67.8 Å². The first kappa shape index (κ1) is 14.4. The van der Waals surface area contributed by atoms with Crippen LogP contribution in [0.3, 0.4) is 0 Å². The Morgan fingerprint density at radius 1 is 0.889 bits per heavy atom. The second-order valence-electron chi connectivity index (χ2n) is 4.05. The summed E-state index contributed by atoms with van der Waals surface area (Å²) in [7, 11) is 0. The van der Waals surface area contributed by atoms with Crippen molar-refractivity contribution in [3.05, 3.63) is 23.5 Å². The highest BCUT2D eigenvalue weighted by molar-refractivity contribution is 5.37. The first-order chi connectivity index (χ1) is 8.86. The molecular weight excluding hydrogens is 222 g/mol. The summed E-state index contributed by atoms with van der Waals surface area (Å²) < 4.78 is 0. The SMILES string of the molecule is NCC#Cc1ccc(C#CCCCCCCN)[nH]1. The van der Waals surface area contributed by atoms with E-state index in [1.165, 1.54) is 12.8 Å². The van der Waals surface area contributed by atoms with E-state index < -0.39 is 0 Å². The van der Waals surface area contributed by atoms with Crippen molar-refractivity contribution in [2.24, 2.45) is 11.5 Å². The lowest BCUT2D eigenvalue weighted by Crippen LogP contribution is -1.97. The molecule has 0 unspecified atom stereocenters. The van der Waals surface area contributed by atoms with Gasteiger partial charge in [-0.3, -0.25) is 0 Å². The van der Waals surface area contributed by atoms with Crippen molar-refractivity contribution in [2.45, 2.75) is 32.1 Å². The number of hydrogen-bond donors (Lipinski definition) is 3. The van der Waals surface area contributed by atoms with Crippen LogP contribution in [0.1, 0.15) is 43.5 Å². The van der Waals surface area contributed by atoms with E-state index in [4.69, 9.17) is 11.5 Å². The molecule has 0 atom stereocenters. The second kappa shape index (κ2) is 9.36. The van der Waals surface area contributed by atoms with Crippen LogP contribution in [-0.4, -0.2) is 18.1 Å². The minimum atomic E-state index is 0.378. The Labute approximate surface area is 109 Å². The number of rotatable bonds is 5. The lowest BCUT2D eigenvalue weighted by molar-refractivity contribution is 0.657. The highest BCUT2D eigenvalue weighted by atomic mass is 14.7. The monoisotopic (exact) mass is 243 g/mol. The molecule has 3 nitrogen and oxygen atoms in total. The third-order valence-corrected chi connectivity index (χ3v) is 2.49. The van der Waals surface area contributed by atoms with Gasteiger partial charge in [-0.25, -0.2) is 0 Å². The van der Waals surface area contributed by atoms with Crippen LogP contribution >= 0.6 is 0 Å². The molecule has 1 rings (SSSR count). The van der Waals surface area contributed by atoms with Gasteiger partial charge in [0.1, 0.15) is 0 Å². The minimum absolute atomic E-state index is 0.378. The first-order valence-corrected chi connectivity index (χ1v) is 6.43.